The van der Waals surface area contributed by atoms with E-state index in [2.05, 4.69) is 82.4 Å². The molecule has 4 unspecified atom stereocenters. The second kappa shape index (κ2) is 34.2. The molecule has 0 amide bonds. The minimum absolute atomic E-state index is 0.0173. The van der Waals surface area contributed by atoms with Crippen molar-refractivity contribution in [2.75, 3.05) is 14.2 Å². The van der Waals surface area contributed by atoms with Gasteiger partial charge < -0.3 is 28.8 Å². The lowest BCUT2D eigenvalue weighted by atomic mass is 9.88. The molecule has 2 aliphatic rings. The summed E-state index contributed by atoms with van der Waals surface area (Å²) in [5.74, 6) is -2.50. The number of ether oxygens (including phenoxy) is 3. The highest BCUT2D eigenvalue weighted by molar-refractivity contribution is 6.74. The average molecular weight is 992 g/mol. The maximum absolute atomic E-state index is 13.1. The van der Waals surface area contributed by atoms with E-state index in [9.17, 15) is 39.0 Å². The fraction of sp³-hybridized carbons (Fsp3) is 0.741. The molecule has 2 saturated carbocycles. The van der Waals surface area contributed by atoms with Gasteiger partial charge in [-0.3, -0.25) is 28.8 Å². The summed E-state index contributed by atoms with van der Waals surface area (Å²) in [5.41, 5.74) is -0.398. The van der Waals surface area contributed by atoms with Crippen LogP contribution in [0.3, 0.4) is 0 Å². The molecule has 8 atom stereocenters. The largest absolute Gasteiger partial charge is 0.469 e. The highest BCUT2D eigenvalue weighted by Crippen LogP contribution is 2.40. The molecule has 12 nitrogen and oxygen atoms in total. The molecule has 0 bridgehead atoms. The van der Waals surface area contributed by atoms with Gasteiger partial charge in [-0.25, -0.2) is 0 Å². The smallest absolute Gasteiger partial charge is 0.309 e. The molecular weight excluding hydrogens is 897 g/mol. The van der Waals surface area contributed by atoms with Gasteiger partial charge in [-0.1, -0.05) is 135 Å². The van der Waals surface area contributed by atoms with Crippen molar-refractivity contribution in [1.29, 1.82) is 0 Å². The van der Waals surface area contributed by atoms with E-state index in [1.54, 1.807) is 36.5 Å². The third-order valence-electron chi connectivity index (χ3n) is 12.4. The van der Waals surface area contributed by atoms with E-state index < -0.39 is 43.9 Å². The summed E-state index contributed by atoms with van der Waals surface area (Å²) in [5, 5.41) is 20.2. The lowest BCUT2D eigenvalue weighted by Gasteiger charge is -2.39. The van der Waals surface area contributed by atoms with Crippen LogP contribution in [-0.2, 0) is 47.4 Å². The number of hydrogen-bond acceptors (Lipinski definition) is 12. The average Bonchev–Trinajstić information content (AvgIpc) is 3.68. The molecule has 0 heterocycles. The number of carbonyl (C=O) groups is 6. The van der Waals surface area contributed by atoms with Gasteiger partial charge in [0.25, 0.3) is 0 Å². The number of hydrogen-bond donors (Lipinski definition) is 2. The zero-order valence-electron chi connectivity index (χ0n) is 44.7. The van der Waals surface area contributed by atoms with Gasteiger partial charge in [0.2, 0.25) is 0 Å². The second-order valence-corrected chi connectivity index (χ2v) is 27.1. The number of rotatable bonds is 27. The summed E-state index contributed by atoms with van der Waals surface area (Å²) in [6, 6.07) is 0. The van der Waals surface area contributed by atoms with E-state index in [0.717, 1.165) is 44.9 Å². The molecule has 0 aromatic carbocycles. The minimum Gasteiger partial charge on any atom is -0.469 e. The number of unbranched alkanes of at least 4 members (excludes halogenated alkanes) is 4. The number of Topliss-reactive ketones (excluding diaryl/α,β-unsaturated/α-hetero) is 4. The first kappa shape index (κ1) is 64.9. The van der Waals surface area contributed by atoms with Crippen molar-refractivity contribution in [2.45, 2.75) is 219 Å². The Morgan fingerprint density at radius 3 is 1.60 bits per heavy atom. The van der Waals surface area contributed by atoms with Crippen LogP contribution in [0.1, 0.15) is 158 Å². The van der Waals surface area contributed by atoms with Gasteiger partial charge >= 0.3 is 11.9 Å². The van der Waals surface area contributed by atoms with Crippen molar-refractivity contribution in [2.24, 2.45) is 23.7 Å². The Bertz CT molecular complexity index is 1640. The van der Waals surface area contributed by atoms with Crippen LogP contribution in [0.5, 0.6) is 0 Å². The first-order valence-electron chi connectivity index (χ1n) is 25.4. The van der Waals surface area contributed by atoms with Crippen molar-refractivity contribution in [1.82, 2.24) is 0 Å². The van der Waals surface area contributed by atoms with Gasteiger partial charge in [0, 0.05) is 71.7 Å². The van der Waals surface area contributed by atoms with Crippen LogP contribution in [0.2, 0.25) is 31.2 Å². The van der Waals surface area contributed by atoms with Crippen molar-refractivity contribution < 1.29 is 57.6 Å². The SMILES string of the molecule is CCCCCC(/C=C/[C@H]1C(OC(C)(C)C)CC(=O)[C@@H]1CC(=O)C/C=C/CC(=O)OC)O[Si](C)(C)C(C)(C)C.CCCCCC(O)/C=C/[C@H]1C(O)CC(=O)[C@@H]1CC(=O)C/C=C/CC(=O)OC.C[SiH2]C. The van der Waals surface area contributed by atoms with Gasteiger partial charge in [-0.15, -0.1) is 0 Å². The molecule has 2 aliphatic carbocycles. The second-order valence-electron chi connectivity index (χ2n) is 20.9. The number of ketones is 4. The minimum atomic E-state index is -1.99. The third kappa shape index (κ3) is 27.3. The topological polar surface area (TPSA) is 180 Å². The Balaban J connectivity index is 0.00000131. The molecule has 0 radical (unpaired) electrons. The Morgan fingerprint density at radius 2 is 1.15 bits per heavy atom. The predicted molar refractivity (Wildman–Crippen MR) is 279 cm³/mol. The van der Waals surface area contributed by atoms with E-state index >= 15 is 0 Å². The molecule has 0 aromatic rings. The van der Waals surface area contributed by atoms with Crippen molar-refractivity contribution in [3.63, 3.8) is 0 Å². The first-order chi connectivity index (χ1) is 31.8. The summed E-state index contributed by atoms with van der Waals surface area (Å²) in [7, 11) is 1.06. The molecular formula is C54H94O12Si2. The normalized spacial score (nSPS) is 22.1. The summed E-state index contributed by atoms with van der Waals surface area (Å²) in [4.78, 5) is 72.5. The number of aliphatic hydroxyl groups is 2. The third-order valence-corrected chi connectivity index (χ3v) is 16.9. The first-order valence-corrected chi connectivity index (χ1v) is 31.1. The Morgan fingerprint density at radius 1 is 0.706 bits per heavy atom. The van der Waals surface area contributed by atoms with Crippen LogP contribution in [0.15, 0.2) is 48.6 Å². The standard InChI is InChI=1S/C31H54O6Si.C21H32O6.C2H8Si/c1-11-12-13-17-24(37-38(9,10)31(5,6)7)19-20-25-26(27(33)22-28(25)36-30(2,3)4)21-23(32)16-14-15-18-29(34)35-8;1-3-4-5-8-15(22)11-12-17-18(20(25)14-19(17)24)13-16(23)9-6-7-10-21(26)27-2;1-3-2/h14-15,19-20,24-26,28H,11-13,16-18,21-22H2,1-10H3;6-7,11-12,15,17-19,22,24H,3-5,8-10,13-14H2,1-2H3;3H2,1-2H3/b15-14+,20-19+;7-6+,12-11+;/t24?,25-,26-,28?;15?,17-,18-,19?;/m11./s1. The Labute approximate surface area is 414 Å². The molecule has 0 aliphatic heterocycles. The molecule has 2 fully saturated rings. The molecule has 14 heteroatoms. The van der Waals surface area contributed by atoms with Crippen LogP contribution in [-0.4, -0.2) is 107 Å². The van der Waals surface area contributed by atoms with Crippen LogP contribution in [0, 0.1) is 23.7 Å². The van der Waals surface area contributed by atoms with Crippen LogP contribution < -0.4 is 0 Å². The van der Waals surface area contributed by atoms with E-state index in [1.807, 2.05) is 20.8 Å². The summed E-state index contributed by atoms with van der Waals surface area (Å²) in [6.45, 7) is 26.1. The van der Waals surface area contributed by atoms with Gasteiger partial charge in [-0.05, 0) is 51.7 Å². The number of methoxy groups -OCH3 is 2. The van der Waals surface area contributed by atoms with Crippen molar-refractivity contribution >= 4 is 52.9 Å². The van der Waals surface area contributed by atoms with Gasteiger partial charge in [0.15, 0.2) is 8.32 Å². The van der Waals surface area contributed by atoms with Crippen molar-refractivity contribution in [3.05, 3.63) is 48.6 Å². The van der Waals surface area contributed by atoms with E-state index in [1.165, 1.54) is 14.2 Å². The maximum atomic E-state index is 13.1. The zero-order chi connectivity index (χ0) is 52.1. The number of carbonyl (C=O) groups excluding carboxylic acids is 6. The maximum Gasteiger partial charge on any atom is 0.309 e. The van der Waals surface area contributed by atoms with E-state index in [-0.39, 0.29) is 103 Å². The monoisotopic (exact) mass is 991 g/mol. The lowest BCUT2D eigenvalue weighted by molar-refractivity contribution is -0.140. The molecule has 0 saturated heterocycles. The molecule has 390 valence electrons. The number of allylic oxidation sites excluding steroid dienone is 2. The predicted octanol–water partition coefficient (Wildman–Crippen LogP) is 10.1. The Hall–Kier alpha value is -3.15. The quantitative estimate of drug-likeness (QED) is 0.0345. The van der Waals surface area contributed by atoms with E-state index in [4.69, 9.17) is 9.16 Å². The molecule has 0 spiro atoms. The number of esters is 2. The molecule has 2 N–H and O–H groups in total. The highest BCUT2D eigenvalue weighted by atomic mass is 28.4. The molecule has 68 heavy (non-hydrogen) atoms. The van der Waals surface area contributed by atoms with Gasteiger partial charge in [0.1, 0.15) is 23.1 Å². The van der Waals surface area contributed by atoms with Gasteiger partial charge in [0.05, 0.1) is 57.1 Å². The molecule has 0 aromatic heterocycles. The van der Waals surface area contributed by atoms with Gasteiger partial charge in [-0.2, -0.15) is 0 Å². The highest BCUT2D eigenvalue weighted by Gasteiger charge is 2.45. The fourth-order valence-electron chi connectivity index (χ4n) is 7.70. The summed E-state index contributed by atoms with van der Waals surface area (Å²) in [6.07, 6.45) is 21.5. The fourth-order valence-corrected chi connectivity index (χ4v) is 9.00. The molecule has 2 rings (SSSR count). The van der Waals surface area contributed by atoms with Crippen LogP contribution in [0.25, 0.3) is 0 Å². The lowest BCUT2D eigenvalue weighted by Crippen LogP contribution is -2.43. The number of aliphatic hydroxyl groups excluding tert-OH is 2. The van der Waals surface area contributed by atoms with E-state index in [0.29, 0.717) is 22.4 Å². The van der Waals surface area contributed by atoms with Crippen LogP contribution >= 0.6 is 0 Å². The summed E-state index contributed by atoms with van der Waals surface area (Å²) >= 11 is 0. The van der Waals surface area contributed by atoms with Crippen LogP contribution in [0.4, 0.5) is 0 Å². The van der Waals surface area contributed by atoms with Crippen molar-refractivity contribution in [3.8, 4) is 0 Å². The zero-order valence-corrected chi connectivity index (χ0v) is 47.1. The Kier molecular flexibility index (Phi) is 32.6. The summed E-state index contributed by atoms with van der Waals surface area (Å²) < 4.78 is 22.3.